The van der Waals surface area contributed by atoms with Gasteiger partial charge in [0.25, 0.3) is 5.91 Å². The third kappa shape index (κ3) is 3.96. The highest BCUT2D eigenvalue weighted by atomic mass is 35.5. The first kappa shape index (κ1) is 21.5. The maximum absolute atomic E-state index is 12.2. The topological polar surface area (TPSA) is 88.0 Å². The van der Waals surface area contributed by atoms with Crippen LogP contribution in [0.4, 0.5) is 0 Å². The Hall–Kier alpha value is -3.36. The normalized spacial score (nSPS) is 15.9. The minimum absolute atomic E-state index is 0.216. The molecule has 2 unspecified atom stereocenters. The molecular formula is C24H22ClN5O2S. The predicted octanol–water partition coefficient (Wildman–Crippen LogP) is 4.91. The minimum atomic E-state index is -0.534. The Morgan fingerprint density at radius 2 is 2.15 bits per heavy atom. The Labute approximate surface area is 200 Å². The molecule has 7 nitrogen and oxygen atoms in total. The zero-order valence-electron chi connectivity index (χ0n) is 18.1. The summed E-state index contributed by atoms with van der Waals surface area (Å²) < 4.78 is 10.1. The number of benzene rings is 1. The molecule has 4 aromatic rings. The molecule has 0 bridgehead atoms. The molecule has 3 aromatic heterocycles. The van der Waals surface area contributed by atoms with Crippen LogP contribution in [0.1, 0.15) is 51.3 Å². The van der Waals surface area contributed by atoms with Crippen molar-refractivity contribution in [3.63, 3.8) is 0 Å². The van der Waals surface area contributed by atoms with Crippen molar-refractivity contribution in [2.75, 3.05) is 0 Å². The van der Waals surface area contributed by atoms with Crippen LogP contribution in [0.25, 0.3) is 11.1 Å². The quantitative estimate of drug-likeness (QED) is 0.425. The van der Waals surface area contributed by atoms with E-state index in [1.165, 1.54) is 11.3 Å². The van der Waals surface area contributed by atoms with Gasteiger partial charge in [-0.25, -0.2) is 9.97 Å². The summed E-state index contributed by atoms with van der Waals surface area (Å²) in [5.41, 5.74) is 9.62. The monoisotopic (exact) mass is 479 g/mol. The molecule has 3 heterocycles. The van der Waals surface area contributed by atoms with E-state index in [1.807, 2.05) is 59.6 Å². The van der Waals surface area contributed by atoms with Crippen LogP contribution in [0, 0.1) is 0 Å². The number of fused-ring (bicyclic) bond motifs is 1. The van der Waals surface area contributed by atoms with E-state index < -0.39 is 5.91 Å². The molecule has 0 saturated heterocycles. The van der Waals surface area contributed by atoms with Gasteiger partial charge in [-0.1, -0.05) is 35.9 Å². The van der Waals surface area contributed by atoms with Gasteiger partial charge in [0.1, 0.15) is 28.1 Å². The molecule has 9 heteroatoms. The van der Waals surface area contributed by atoms with E-state index in [-0.39, 0.29) is 12.0 Å². The lowest BCUT2D eigenvalue weighted by Crippen LogP contribution is -2.12. The Morgan fingerprint density at radius 3 is 2.88 bits per heavy atom. The van der Waals surface area contributed by atoms with E-state index in [2.05, 4.69) is 22.1 Å². The highest BCUT2D eigenvalue weighted by molar-refractivity contribution is 7.16. The largest absolute Gasteiger partial charge is 0.484 e. The smallest absolute Gasteiger partial charge is 0.262 e. The summed E-state index contributed by atoms with van der Waals surface area (Å²) in [6.07, 6.45) is 10.1. The molecule has 1 aliphatic carbocycles. The van der Waals surface area contributed by atoms with E-state index in [0.717, 1.165) is 34.1 Å². The fourth-order valence-corrected chi connectivity index (χ4v) is 5.33. The number of aromatic nitrogens is 4. The van der Waals surface area contributed by atoms with Crippen LogP contribution < -0.4 is 10.5 Å². The second-order valence-corrected chi connectivity index (χ2v) is 9.41. The summed E-state index contributed by atoms with van der Waals surface area (Å²) in [5.74, 6) is 0.117. The summed E-state index contributed by atoms with van der Waals surface area (Å²) >= 11 is 7.60. The zero-order chi connectivity index (χ0) is 23.1. The van der Waals surface area contributed by atoms with E-state index in [0.29, 0.717) is 15.6 Å². The molecule has 1 aliphatic rings. The second kappa shape index (κ2) is 8.53. The van der Waals surface area contributed by atoms with Gasteiger partial charge in [-0.05, 0) is 19.1 Å². The van der Waals surface area contributed by atoms with Crippen LogP contribution in [0.3, 0.4) is 0 Å². The van der Waals surface area contributed by atoms with Crippen molar-refractivity contribution < 1.29 is 9.53 Å². The van der Waals surface area contributed by atoms with Crippen LogP contribution >= 0.6 is 22.9 Å². The number of aryl methyl sites for hydroxylation is 1. The Bertz CT molecular complexity index is 1370. The van der Waals surface area contributed by atoms with Gasteiger partial charge in [-0.2, -0.15) is 0 Å². The van der Waals surface area contributed by atoms with Gasteiger partial charge in [-0.15, -0.1) is 11.3 Å². The lowest BCUT2D eigenvalue weighted by atomic mass is 9.93. The fraction of sp³-hybridized carbons (Fsp3) is 0.208. The van der Waals surface area contributed by atoms with Gasteiger partial charge in [0, 0.05) is 47.9 Å². The molecule has 2 atom stereocenters. The molecule has 0 spiro atoms. The lowest BCUT2D eigenvalue weighted by Gasteiger charge is -2.17. The number of nitrogens with zero attached hydrogens (tertiary/aromatic N) is 4. The molecule has 1 amide bonds. The average Bonchev–Trinajstić information content (AvgIpc) is 3.51. The van der Waals surface area contributed by atoms with Crippen molar-refractivity contribution >= 4 is 34.9 Å². The van der Waals surface area contributed by atoms with Crippen LogP contribution in [0.15, 0.2) is 55.3 Å². The number of hydrogen-bond donors (Lipinski definition) is 1. The number of nitrogens with two attached hydrogens (primary N) is 1. The summed E-state index contributed by atoms with van der Waals surface area (Å²) in [6.45, 7) is 1.89. The number of halogens is 1. The van der Waals surface area contributed by atoms with Gasteiger partial charge >= 0.3 is 0 Å². The number of rotatable bonds is 6. The van der Waals surface area contributed by atoms with Crippen molar-refractivity contribution in [1.29, 1.82) is 0 Å². The fourth-order valence-electron chi connectivity index (χ4n) is 4.11. The summed E-state index contributed by atoms with van der Waals surface area (Å²) in [4.78, 5) is 21.4. The molecule has 168 valence electrons. The van der Waals surface area contributed by atoms with Gasteiger partial charge in [0.15, 0.2) is 0 Å². The summed E-state index contributed by atoms with van der Waals surface area (Å²) in [5, 5.41) is 1.42. The molecule has 5 rings (SSSR count). The Morgan fingerprint density at radius 1 is 1.33 bits per heavy atom. The van der Waals surface area contributed by atoms with Crippen molar-refractivity contribution in [2.45, 2.75) is 25.4 Å². The van der Waals surface area contributed by atoms with Gasteiger partial charge in [0.05, 0.1) is 17.7 Å². The van der Waals surface area contributed by atoms with Crippen molar-refractivity contribution in [1.82, 2.24) is 19.1 Å². The molecule has 0 fully saturated rings. The number of imidazole rings is 2. The predicted molar refractivity (Wildman–Crippen MR) is 129 cm³/mol. The lowest BCUT2D eigenvalue weighted by molar-refractivity contribution is 0.0998. The number of carbonyl (C=O) groups excluding carboxylic acids is 1. The highest BCUT2D eigenvalue weighted by Gasteiger charge is 2.25. The van der Waals surface area contributed by atoms with E-state index in [1.54, 1.807) is 12.7 Å². The first-order valence-corrected chi connectivity index (χ1v) is 11.7. The van der Waals surface area contributed by atoms with E-state index >= 15 is 0 Å². The van der Waals surface area contributed by atoms with Crippen molar-refractivity contribution in [3.8, 4) is 10.8 Å². The summed E-state index contributed by atoms with van der Waals surface area (Å²) in [6, 6.07) is 9.32. The maximum atomic E-state index is 12.2. The SMILES string of the molecule is CC(Oc1cc(-n2cnc3c2C=CC(c2cncn2C)C3)sc1C(N)=O)c1ccccc1Cl. The van der Waals surface area contributed by atoms with Crippen LogP contribution in [-0.2, 0) is 13.5 Å². The third-order valence-corrected chi connectivity index (χ3v) is 7.29. The number of primary amides is 1. The number of carbonyl (C=O) groups is 1. The van der Waals surface area contributed by atoms with E-state index in [4.69, 9.17) is 22.1 Å². The van der Waals surface area contributed by atoms with Crippen LogP contribution in [0.2, 0.25) is 5.02 Å². The molecule has 1 aromatic carbocycles. The Kier molecular flexibility index (Phi) is 5.55. The summed E-state index contributed by atoms with van der Waals surface area (Å²) in [7, 11) is 1.99. The number of hydrogen-bond acceptors (Lipinski definition) is 5. The number of allylic oxidation sites excluding steroid dienone is 1. The van der Waals surface area contributed by atoms with Gasteiger partial charge < -0.3 is 15.0 Å². The van der Waals surface area contributed by atoms with E-state index in [9.17, 15) is 4.79 Å². The minimum Gasteiger partial charge on any atom is -0.484 e. The van der Waals surface area contributed by atoms with Gasteiger partial charge in [-0.3, -0.25) is 9.36 Å². The van der Waals surface area contributed by atoms with Crippen molar-refractivity contribution in [3.05, 3.63) is 87.8 Å². The average molecular weight is 480 g/mol. The first-order chi connectivity index (χ1) is 15.9. The van der Waals surface area contributed by atoms with Crippen molar-refractivity contribution in [2.24, 2.45) is 12.8 Å². The van der Waals surface area contributed by atoms with Crippen LogP contribution in [0.5, 0.6) is 5.75 Å². The molecule has 2 N–H and O–H groups in total. The van der Waals surface area contributed by atoms with Crippen LogP contribution in [-0.4, -0.2) is 25.0 Å². The number of ether oxygens (including phenoxy) is 1. The third-order valence-electron chi connectivity index (χ3n) is 5.81. The number of amides is 1. The number of thiophene rings is 1. The first-order valence-electron chi connectivity index (χ1n) is 10.5. The molecule has 33 heavy (non-hydrogen) atoms. The standard InChI is InChI=1S/C24H22ClN5O2S/c1-14(16-5-3-4-6-17(16)25)32-21-10-22(33-23(21)24(26)31)30-13-28-18-9-15(7-8-19(18)30)20-11-27-12-29(20)2/h3-8,10-15H,9H2,1-2H3,(H2,26,31). The Balaban J connectivity index is 1.45. The molecule has 0 saturated carbocycles. The maximum Gasteiger partial charge on any atom is 0.262 e. The zero-order valence-corrected chi connectivity index (χ0v) is 19.7. The molecule has 0 aliphatic heterocycles. The highest BCUT2D eigenvalue weighted by Crippen LogP contribution is 2.38. The second-order valence-electron chi connectivity index (χ2n) is 7.97. The van der Waals surface area contributed by atoms with Gasteiger partial charge in [0.2, 0.25) is 0 Å². The molecule has 0 radical (unpaired) electrons. The molecular weight excluding hydrogens is 458 g/mol.